The van der Waals surface area contributed by atoms with Gasteiger partial charge >= 0.3 is 0 Å². The van der Waals surface area contributed by atoms with E-state index in [1.54, 1.807) is 26.0 Å². The van der Waals surface area contributed by atoms with Crippen molar-refractivity contribution in [2.75, 3.05) is 10.6 Å². The first-order valence-corrected chi connectivity index (χ1v) is 12.8. The molecule has 4 rings (SSSR count). The van der Waals surface area contributed by atoms with Gasteiger partial charge in [-0.2, -0.15) is 10.2 Å². The molecular formula is C28H32N6O4. The van der Waals surface area contributed by atoms with Crippen molar-refractivity contribution in [3.63, 3.8) is 0 Å². The second-order valence-corrected chi connectivity index (χ2v) is 9.65. The number of hydrazone groups is 2. The molecule has 0 atom stereocenters. The average molecular weight is 517 g/mol. The lowest BCUT2D eigenvalue weighted by Crippen LogP contribution is -2.24. The van der Waals surface area contributed by atoms with Gasteiger partial charge in [-0.25, -0.2) is 10.9 Å². The summed E-state index contributed by atoms with van der Waals surface area (Å²) in [7, 11) is 0. The highest BCUT2D eigenvalue weighted by Gasteiger charge is 2.30. The van der Waals surface area contributed by atoms with E-state index in [9.17, 15) is 19.2 Å². The fourth-order valence-electron chi connectivity index (χ4n) is 3.58. The molecule has 2 saturated carbocycles. The monoisotopic (exact) mass is 516 g/mol. The lowest BCUT2D eigenvalue weighted by Gasteiger charge is -2.08. The predicted molar refractivity (Wildman–Crippen MR) is 146 cm³/mol. The molecule has 0 aliphatic heterocycles. The van der Waals surface area contributed by atoms with E-state index < -0.39 is 11.8 Å². The van der Waals surface area contributed by atoms with E-state index in [1.807, 2.05) is 36.4 Å². The lowest BCUT2D eigenvalue weighted by molar-refractivity contribution is -0.126. The Kier molecular flexibility index (Phi) is 8.62. The van der Waals surface area contributed by atoms with Gasteiger partial charge in [-0.1, -0.05) is 24.3 Å². The Labute approximate surface area is 221 Å². The van der Waals surface area contributed by atoms with Crippen LogP contribution in [0.3, 0.4) is 0 Å². The summed E-state index contributed by atoms with van der Waals surface area (Å²) in [4.78, 5) is 48.3. The summed E-state index contributed by atoms with van der Waals surface area (Å²) >= 11 is 0. The van der Waals surface area contributed by atoms with Crippen LogP contribution in [0.5, 0.6) is 0 Å². The summed E-state index contributed by atoms with van der Waals surface area (Å²) in [5.41, 5.74) is 8.95. The van der Waals surface area contributed by atoms with Crippen molar-refractivity contribution in [2.24, 2.45) is 22.0 Å². The number of nitrogens with one attached hydrogen (secondary N) is 4. The van der Waals surface area contributed by atoms with Gasteiger partial charge in [0, 0.05) is 36.1 Å². The molecule has 0 radical (unpaired) electrons. The molecule has 0 heterocycles. The minimum Gasteiger partial charge on any atom is -0.326 e. The number of carbonyl (C=O) groups is 4. The maximum Gasteiger partial charge on any atom is 0.240 e. The van der Waals surface area contributed by atoms with Crippen LogP contribution in [0, 0.1) is 11.8 Å². The van der Waals surface area contributed by atoms with Crippen LogP contribution in [0.1, 0.15) is 63.5 Å². The minimum absolute atomic E-state index is 0.0220. The second kappa shape index (κ2) is 12.3. The first-order chi connectivity index (χ1) is 18.3. The van der Waals surface area contributed by atoms with Crippen LogP contribution in [0.2, 0.25) is 0 Å². The third-order valence-corrected chi connectivity index (χ3v) is 6.27. The molecular weight excluding hydrogens is 484 g/mol. The van der Waals surface area contributed by atoms with E-state index in [4.69, 9.17) is 0 Å². The topological polar surface area (TPSA) is 141 Å². The van der Waals surface area contributed by atoms with Crippen molar-refractivity contribution in [3.8, 4) is 0 Å². The fourth-order valence-corrected chi connectivity index (χ4v) is 3.58. The summed E-state index contributed by atoms with van der Waals surface area (Å²) in [6.45, 7) is 3.50. The molecule has 0 bridgehead atoms. The van der Waals surface area contributed by atoms with Crippen LogP contribution in [0.25, 0.3) is 0 Å². The Hall–Kier alpha value is -4.34. The van der Waals surface area contributed by atoms with Gasteiger partial charge < -0.3 is 10.6 Å². The van der Waals surface area contributed by atoms with Gasteiger partial charge in [-0.05, 0) is 74.9 Å². The van der Waals surface area contributed by atoms with Crippen molar-refractivity contribution in [1.82, 2.24) is 10.9 Å². The van der Waals surface area contributed by atoms with Crippen LogP contribution in [0.4, 0.5) is 11.4 Å². The zero-order chi connectivity index (χ0) is 27.1. The van der Waals surface area contributed by atoms with Crippen molar-refractivity contribution in [3.05, 3.63) is 59.7 Å². The number of carbonyl (C=O) groups excluding carboxylic acids is 4. The van der Waals surface area contributed by atoms with E-state index in [1.165, 1.54) is 0 Å². The number of hydrogen-bond donors (Lipinski definition) is 4. The molecule has 10 heteroatoms. The molecule has 2 aliphatic rings. The number of rotatable bonds is 11. The van der Waals surface area contributed by atoms with Crippen LogP contribution in [-0.4, -0.2) is 35.1 Å². The van der Waals surface area contributed by atoms with Gasteiger partial charge in [0.15, 0.2) is 0 Å². The third-order valence-electron chi connectivity index (χ3n) is 6.27. The van der Waals surface area contributed by atoms with Gasteiger partial charge in [-0.3, -0.25) is 19.2 Å². The largest absolute Gasteiger partial charge is 0.326 e. The van der Waals surface area contributed by atoms with E-state index in [0.717, 1.165) is 36.8 Å². The summed E-state index contributed by atoms with van der Waals surface area (Å²) in [5, 5.41) is 14.0. The van der Waals surface area contributed by atoms with Gasteiger partial charge in [0.2, 0.25) is 23.6 Å². The predicted octanol–water partition coefficient (Wildman–Crippen LogP) is 3.54. The molecule has 38 heavy (non-hydrogen) atoms. The van der Waals surface area contributed by atoms with Crippen molar-refractivity contribution < 1.29 is 19.2 Å². The number of hydrogen-bond acceptors (Lipinski definition) is 6. The van der Waals surface area contributed by atoms with E-state index in [2.05, 4.69) is 31.7 Å². The smallest absolute Gasteiger partial charge is 0.240 e. The SMILES string of the molecule is C/C(=N\NC(=O)CCC(=O)N/N=C(\C)c1cccc(NC(=O)C2CC2)c1)c1cccc(NC(=O)C2CC2)c1. The average Bonchev–Trinajstić information content (AvgIpc) is 3.82. The standard InChI is InChI=1S/C28H32N6O4/c1-17(21-5-3-7-23(15-21)29-27(37)19-9-10-19)31-33-25(35)13-14-26(36)34-32-18(2)22-6-4-8-24(16-22)30-28(38)20-11-12-20/h3-8,15-16,19-20H,9-14H2,1-2H3,(H,29,37)(H,30,38)(H,33,35)(H,34,36)/b31-17+,32-18+. The van der Waals surface area contributed by atoms with Crippen LogP contribution in [0.15, 0.2) is 58.7 Å². The second-order valence-electron chi connectivity index (χ2n) is 9.65. The quantitative estimate of drug-likeness (QED) is 0.268. The maximum absolute atomic E-state index is 12.2. The zero-order valence-corrected chi connectivity index (χ0v) is 21.5. The highest BCUT2D eigenvalue weighted by atomic mass is 16.2. The summed E-state index contributed by atoms with van der Waals surface area (Å²) < 4.78 is 0. The van der Waals surface area contributed by atoms with E-state index >= 15 is 0 Å². The Morgan fingerprint density at radius 1 is 0.684 bits per heavy atom. The summed E-state index contributed by atoms with van der Waals surface area (Å²) in [5.74, 6) is -0.550. The first kappa shape index (κ1) is 26.7. The molecule has 0 unspecified atom stereocenters. The summed E-state index contributed by atoms with van der Waals surface area (Å²) in [6, 6.07) is 14.5. The number of nitrogens with zero attached hydrogens (tertiary/aromatic N) is 2. The maximum atomic E-state index is 12.2. The van der Waals surface area contributed by atoms with Crippen LogP contribution < -0.4 is 21.5 Å². The zero-order valence-electron chi connectivity index (χ0n) is 21.5. The third kappa shape index (κ3) is 8.09. The molecule has 4 amide bonds. The molecule has 0 saturated heterocycles. The van der Waals surface area contributed by atoms with Crippen molar-refractivity contribution in [2.45, 2.75) is 52.4 Å². The molecule has 4 N–H and O–H groups in total. The Morgan fingerprint density at radius 3 is 1.45 bits per heavy atom. The van der Waals surface area contributed by atoms with E-state index in [-0.39, 0.29) is 36.5 Å². The van der Waals surface area contributed by atoms with Crippen molar-refractivity contribution >= 4 is 46.4 Å². The molecule has 198 valence electrons. The van der Waals surface area contributed by atoms with Gasteiger partial charge in [0.05, 0.1) is 11.4 Å². The molecule has 2 aromatic rings. The fraction of sp³-hybridized carbons (Fsp3) is 0.357. The van der Waals surface area contributed by atoms with Crippen LogP contribution in [-0.2, 0) is 19.2 Å². The minimum atomic E-state index is -0.405. The highest BCUT2D eigenvalue weighted by molar-refractivity contribution is 6.02. The number of anilines is 2. The summed E-state index contributed by atoms with van der Waals surface area (Å²) in [6.07, 6.45) is 3.59. The van der Waals surface area contributed by atoms with Crippen LogP contribution >= 0.6 is 0 Å². The normalized spacial score (nSPS) is 15.4. The molecule has 0 aromatic heterocycles. The Bertz CT molecular complexity index is 1190. The number of amides is 4. The highest BCUT2D eigenvalue weighted by Crippen LogP contribution is 2.31. The van der Waals surface area contributed by atoms with Gasteiger partial charge in [-0.15, -0.1) is 0 Å². The molecule has 2 fully saturated rings. The first-order valence-electron chi connectivity index (χ1n) is 12.8. The van der Waals surface area contributed by atoms with Gasteiger partial charge in [0.1, 0.15) is 0 Å². The Balaban J connectivity index is 1.21. The molecule has 10 nitrogen and oxygen atoms in total. The van der Waals surface area contributed by atoms with E-state index in [0.29, 0.717) is 22.8 Å². The number of benzene rings is 2. The van der Waals surface area contributed by atoms with Gasteiger partial charge in [0.25, 0.3) is 0 Å². The molecule has 2 aliphatic carbocycles. The molecule has 0 spiro atoms. The molecule has 2 aromatic carbocycles. The van der Waals surface area contributed by atoms with Crippen molar-refractivity contribution in [1.29, 1.82) is 0 Å². The Morgan fingerprint density at radius 2 is 1.08 bits per heavy atom. The lowest BCUT2D eigenvalue weighted by atomic mass is 10.1.